The van der Waals surface area contributed by atoms with Crippen molar-refractivity contribution >= 4 is 23.1 Å². The summed E-state index contributed by atoms with van der Waals surface area (Å²) in [5, 5.41) is 10.9. The number of hydrogen-bond acceptors (Lipinski definition) is 6. The van der Waals surface area contributed by atoms with Gasteiger partial charge in [0.1, 0.15) is 11.3 Å². The summed E-state index contributed by atoms with van der Waals surface area (Å²) >= 11 is 0. The van der Waals surface area contributed by atoms with Crippen LogP contribution in [0.5, 0.6) is 5.75 Å². The van der Waals surface area contributed by atoms with Crippen molar-refractivity contribution in [2.45, 2.75) is 0 Å². The fourth-order valence-corrected chi connectivity index (χ4v) is 1.38. The van der Waals surface area contributed by atoms with Gasteiger partial charge in [-0.15, -0.1) is 0 Å². The Hall–Kier alpha value is -2.70. The highest BCUT2D eigenvalue weighted by molar-refractivity contribution is 5.86. The van der Waals surface area contributed by atoms with Crippen molar-refractivity contribution < 1.29 is 18.9 Å². The summed E-state index contributed by atoms with van der Waals surface area (Å²) in [6.45, 7) is 0.142. The van der Waals surface area contributed by atoms with E-state index >= 15 is 0 Å². The molecule has 0 fully saturated rings. The van der Waals surface area contributed by atoms with Crippen LogP contribution in [0.2, 0.25) is 0 Å². The summed E-state index contributed by atoms with van der Waals surface area (Å²) in [7, 11) is 0. The molecule has 17 heavy (non-hydrogen) atoms. The van der Waals surface area contributed by atoms with Crippen LogP contribution in [-0.4, -0.2) is 11.4 Å². The molecule has 0 unspecified atom stereocenters. The molecule has 0 aliphatic heterocycles. The van der Waals surface area contributed by atoms with Crippen molar-refractivity contribution in [3.05, 3.63) is 44.8 Å². The summed E-state index contributed by atoms with van der Waals surface area (Å²) in [5.41, 5.74) is -0.984. The van der Waals surface area contributed by atoms with Gasteiger partial charge in [-0.25, -0.2) is 4.79 Å². The lowest BCUT2D eigenvalue weighted by Gasteiger charge is -2.02. The Bertz CT molecular complexity index is 659. The fraction of sp³-hybridized carbons (Fsp3) is 0. The van der Waals surface area contributed by atoms with E-state index in [0.717, 1.165) is 18.2 Å². The molecular weight excluding hydrogens is 230 g/mol. The number of non-ortho nitro benzene ring substituents is 1. The van der Waals surface area contributed by atoms with E-state index in [1.807, 2.05) is 0 Å². The van der Waals surface area contributed by atoms with Gasteiger partial charge in [-0.2, -0.15) is 0 Å². The van der Waals surface area contributed by atoms with Crippen molar-refractivity contribution in [2.24, 2.45) is 0 Å². The van der Waals surface area contributed by atoms with E-state index < -0.39 is 10.5 Å². The SMILES string of the molecule is O=COc1cc([N+](=O)[O-])cc2oc(=O)ccc12. The third kappa shape index (κ3) is 1.98. The van der Waals surface area contributed by atoms with E-state index in [0.29, 0.717) is 5.39 Å². The highest BCUT2D eigenvalue weighted by atomic mass is 16.6. The highest BCUT2D eigenvalue weighted by Crippen LogP contribution is 2.29. The molecule has 1 aromatic carbocycles. The molecule has 0 saturated heterocycles. The summed E-state index contributed by atoms with van der Waals surface area (Å²) in [6, 6.07) is 4.67. The fourth-order valence-electron chi connectivity index (χ4n) is 1.38. The van der Waals surface area contributed by atoms with Crippen LogP contribution in [0.4, 0.5) is 5.69 Å². The highest BCUT2D eigenvalue weighted by Gasteiger charge is 2.14. The van der Waals surface area contributed by atoms with Gasteiger partial charge < -0.3 is 9.15 Å². The predicted octanol–water partition coefficient (Wildman–Crippen LogP) is 1.24. The summed E-state index contributed by atoms with van der Waals surface area (Å²) in [6.07, 6.45) is 0. The van der Waals surface area contributed by atoms with Gasteiger partial charge in [-0.05, 0) is 6.07 Å². The van der Waals surface area contributed by atoms with Gasteiger partial charge in [0.15, 0.2) is 0 Å². The second-order valence-corrected chi connectivity index (χ2v) is 3.08. The third-order valence-corrected chi connectivity index (χ3v) is 2.07. The summed E-state index contributed by atoms with van der Waals surface area (Å²) in [5.74, 6) is -0.0343. The van der Waals surface area contributed by atoms with E-state index in [2.05, 4.69) is 4.74 Å². The zero-order chi connectivity index (χ0) is 12.4. The van der Waals surface area contributed by atoms with Gasteiger partial charge in [0, 0.05) is 6.07 Å². The molecule has 0 spiro atoms. The topological polar surface area (TPSA) is 99.7 Å². The minimum atomic E-state index is -0.676. The molecule has 0 aliphatic rings. The van der Waals surface area contributed by atoms with E-state index in [1.165, 1.54) is 6.07 Å². The maximum atomic E-state index is 11.0. The zero-order valence-corrected chi connectivity index (χ0v) is 8.28. The molecule has 86 valence electrons. The first-order valence-electron chi connectivity index (χ1n) is 4.44. The molecule has 7 heteroatoms. The number of carbonyl (C=O) groups excluding carboxylic acids is 1. The van der Waals surface area contributed by atoms with Gasteiger partial charge in [-0.3, -0.25) is 14.9 Å². The van der Waals surface area contributed by atoms with E-state index in [1.54, 1.807) is 0 Å². The number of fused-ring (bicyclic) bond motifs is 1. The second kappa shape index (κ2) is 4.05. The molecular formula is C10H5NO6. The lowest BCUT2D eigenvalue weighted by molar-refractivity contribution is -0.384. The standard InChI is InChI=1S/C10H5NO6/c12-5-16-8-3-6(11(14)15)4-9-7(8)1-2-10(13)17-9/h1-5H. The van der Waals surface area contributed by atoms with Crippen LogP contribution in [0.3, 0.4) is 0 Å². The number of rotatable bonds is 3. The number of ether oxygens (including phenoxy) is 1. The smallest absolute Gasteiger partial charge is 0.336 e. The Morgan fingerprint density at radius 2 is 2.12 bits per heavy atom. The van der Waals surface area contributed by atoms with Gasteiger partial charge in [-0.1, -0.05) is 0 Å². The second-order valence-electron chi connectivity index (χ2n) is 3.08. The molecule has 2 rings (SSSR count). The average molecular weight is 235 g/mol. The third-order valence-electron chi connectivity index (χ3n) is 2.07. The summed E-state index contributed by atoms with van der Waals surface area (Å²) < 4.78 is 9.39. The minimum absolute atomic E-state index is 0.0106. The lowest BCUT2D eigenvalue weighted by Crippen LogP contribution is -1.98. The van der Waals surface area contributed by atoms with Crippen molar-refractivity contribution in [1.82, 2.24) is 0 Å². The molecule has 7 nitrogen and oxygen atoms in total. The van der Waals surface area contributed by atoms with Crippen LogP contribution in [0.15, 0.2) is 33.5 Å². The van der Waals surface area contributed by atoms with Gasteiger partial charge in [0.05, 0.1) is 22.4 Å². The molecule has 0 atom stereocenters. The Labute approximate surface area is 93.4 Å². The maximum absolute atomic E-state index is 11.0. The molecule has 0 N–H and O–H groups in total. The predicted molar refractivity (Wildman–Crippen MR) is 55.8 cm³/mol. The monoisotopic (exact) mass is 235 g/mol. The number of benzene rings is 1. The number of hydrogen-bond donors (Lipinski definition) is 0. The average Bonchev–Trinajstić information content (AvgIpc) is 2.28. The number of carbonyl (C=O) groups is 1. The van der Waals surface area contributed by atoms with Crippen LogP contribution in [0.1, 0.15) is 0 Å². The Kier molecular flexibility index (Phi) is 2.57. The van der Waals surface area contributed by atoms with Crippen LogP contribution >= 0.6 is 0 Å². The van der Waals surface area contributed by atoms with Crippen LogP contribution < -0.4 is 10.4 Å². The molecule has 2 aromatic rings. The molecule has 0 amide bonds. The van der Waals surface area contributed by atoms with Gasteiger partial charge in [0.2, 0.25) is 0 Å². The van der Waals surface area contributed by atoms with Gasteiger partial charge in [0.25, 0.3) is 12.2 Å². The van der Waals surface area contributed by atoms with Crippen molar-refractivity contribution in [1.29, 1.82) is 0 Å². The van der Waals surface area contributed by atoms with E-state index in [-0.39, 0.29) is 23.5 Å². The van der Waals surface area contributed by atoms with E-state index in [4.69, 9.17) is 4.42 Å². The minimum Gasteiger partial charge on any atom is -0.428 e. The molecule has 1 aromatic heterocycles. The Balaban J connectivity index is 2.80. The first-order valence-corrected chi connectivity index (χ1v) is 4.44. The normalized spacial score (nSPS) is 10.1. The molecule has 0 saturated carbocycles. The van der Waals surface area contributed by atoms with Gasteiger partial charge >= 0.3 is 5.63 Å². The largest absolute Gasteiger partial charge is 0.428 e. The van der Waals surface area contributed by atoms with Crippen LogP contribution in [0.25, 0.3) is 11.0 Å². The Morgan fingerprint density at radius 3 is 2.76 bits per heavy atom. The zero-order valence-electron chi connectivity index (χ0n) is 8.28. The van der Waals surface area contributed by atoms with Crippen molar-refractivity contribution in [3.63, 3.8) is 0 Å². The number of nitrogens with zero attached hydrogens (tertiary/aromatic N) is 1. The number of nitro groups is 1. The lowest BCUT2D eigenvalue weighted by atomic mass is 10.2. The van der Waals surface area contributed by atoms with Crippen LogP contribution in [0, 0.1) is 10.1 Å². The first-order chi connectivity index (χ1) is 8.11. The maximum Gasteiger partial charge on any atom is 0.336 e. The molecule has 1 heterocycles. The molecule has 0 bridgehead atoms. The van der Waals surface area contributed by atoms with Crippen LogP contribution in [-0.2, 0) is 4.79 Å². The van der Waals surface area contributed by atoms with Crippen molar-refractivity contribution in [3.8, 4) is 5.75 Å². The summed E-state index contributed by atoms with van der Waals surface area (Å²) in [4.78, 5) is 31.2. The first kappa shape index (κ1) is 10.8. The number of nitro benzene ring substituents is 1. The quantitative estimate of drug-likeness (QED) is 0.343. The van der Waals surface area contributed by atoms with E-state index in [9.17, 15) is 19.7 Å². The molecule has 0 aliphatic carbocycles. The van der Waals surface area contributed by atoms with Crippen molar-refractivity contribution in [2.75, 3.05) is 0 Å². The molecule has 0 radical (unpaired) electrons. The Morgan fingerprint density at radius 1 is 1.35 bits per heavy atom.